The first kappa shape index (κ1) is 14.7. The molecule has 0 aliphatic rings. The molecule has 0 aliphatic carbocycles. The summed E-state index contributed by atoms with van der Waals surface area (Å²) in [5.41, 5.74) is 0.657. The molecule has 0 saturated heterocycles. The first-order valence-electron chi connectivity index (χ1n) is 5.65. The van der Waals surface area contributed by atoms with Crippen LogP contribution in [-0.2, 0) is 6.54 Å². The van der Waals surface area contributed by atoms with Crippen LogP contribution in [0, 0.1) is 6.92 Å². The molecule has 18 heavy (non-hydrogen) atoms. The van der Waals surface area contributed by atoms with Crippen molar-refractivity contribution in [3.05, 3.63) is 17.6 Å². The summed E-state index contributed by atoms with van der Waals surface area (Å²) in [5, 5.41) is 3.05. The van der Waals surface area contributed by atoms with Gasteiger partial charge in [0.1, 0.15) is 5.82 Å². The minimum Gasteiger partial charge on any atom is -0.477 e. The normalized spacial score (nSPS) is 11.6. The third-order valence-corrected chi connectivity index (χ3v) is 2.14. The van der Waals surface area contributed by atoms with Crippen LogP contribution in [0.15, 0.2) is 6.20 Å². The van der Waals surface area contributed by atoms with Crippen molar-refractivity contribution in [2.24, 2.45) is 0 Å². The van der Waals surface area contributed by atoms with Gasteiger partial charge in [-0.05, 0) is 13.5 Å². The van der Waals surface area contributed by atoms with Crippen LogP contribution in [0.1, 0.15) is 24.7 Å². The standard InChI is InChI=1S/C11H16F3N3O/c1-3-15-6-9-7-16-8(2)17-10(9)18-5-4-11(12,13)14/h7,15H,3-6H2,1-2H3. The molecule has 0 radical (unpaired) electrons. The molecule has 0 fully saturated rings. The van der Waals surface area contributed by atoms with Crippen LogP contribution in [0.3, 0.4) is 0 Å². The summed E-state index contributed by atoms with van der Waals surface area (Å²) < 4.78 is 41.1. The van der Waals surface area contributed by atoms with Gasteiger partial charge in [-0.25, -0.2) is 4.98 Å². The van der Waals surface area contributed by atoms with E-state index < -0.39 is 19.2 Å². The van der Waals surface area contributed by atoms with Gasteiger partial charge >= 0.3 is 6.18 Å². The second-order valence-electron chi connectivity index (χ2n) is 3.74. The topological polar surface area (TPSA) is 47.0 Å². The molecule has 0 unspecified atom stereocenters. The van der Waals surface area contributed by atoms with Crippen LogP contribution in [-0.4, -0.2) is 29.3 Å². The number of aromatic nitrogens is 2. The molecule has 1 aromatic rings. The third kappa shape index (κ3) is 5.31. The van der Waals surface area contributed by atoms with Gasteiger partial charge in [0.15, 0.2) is 0 Å². The zero-order chi connectivity index (χ0) is 13.6. The monoisotopic (exact) mass is 263 g/mol. The van der Waals surface area contributed by atoms with E-state index >= 15 is 0 Å². The maximum atomic E-state index is 12.0. The Morgan fingerprint density at radius 2 is 2.11 bits per heavy atom. The fraction of sp³-hybridized carbons (Fsp3) is 0.636. The number of rotatable bonds is 6. The van der Waals surface area contributed by atoms with Crippen molar-refractivity contribution in [1.82, 2.24) is 15.3 Å². The van der Waals surface area contributed by atoms with E-state index in [-0.39, 0.29) is 5.88 Å². The van der Waals surface area contributed by atoms with Gasteiger partial charge in [0.2, 0.25) is 5.88 Å². The molecule has 0 saturated carbocycles. The molecule has 0 spiro atoms. The summed E-state index contributed by atoms with van der Waals surface area (Å²) in [5.74, 6) is 0.685. The molecule has 1 rings (SSSR count). The minimum absolute atomic E-state index is 0.215. The SMILES string of the molecule is CCNCc1cnc(C)nc1OCCC(F)(F)F. The van der Waals surface area contributed by atoms with E-state index in [4.69, 9.17) is 4.74 Å². The molecule has 0 atom stereocenters. The van der Waals surface area contributed by atoms with Crippen LogP contribution in [0.2, 0.25) is 0 Å². The van der Waals surface area contributed by atoms with Gasteiger partial charge < -0.3 is 10.1 Å². The number of ether oxygens (including phenoxy) is 1. The van der Waals surface area contributed by atoms with Crippen molar-refractivity contribution >= 4 is 0 Å². The van der Waals surface area contributed by atoms with Crippen molar-refractivity contribution in [2.75, 3.05) is 13.2 Å². The molecule has 1 heterocycles. The van der Waals surface area contributed by atoms with Gasteiger partial charge in [0.05, 0.1) is 13.0 Å². The highest BCUT2D eigenvalue weighted by Gasteiger charge is 2.27. The highest BCUT2D eigenvalue weighted by atomic mass is 19.4. The molecule has 0 aliphatic heterocycles. The molecule has 1 N–H and O–H groups in total. The summed E-state index contributed by atoms with van der Waals surface area (Å²) in [4.78, 5) is 8.00. The van der Waals surface area contributed by atoms with E-state index in [0.29, 0.717) is 17.9 Å². The van der Waals surface area contributed by atoms with Crippen molar-refractivity contribution in [2.45, 2.75) is 33.0 Å². The Labute approximate surface area is 104 Å². The van der Waals surface area contributed by atoms with Crippen LogP contribution in [0.5, 0.6) is 5.88 Å². The summed E-state index contributed by atoms with van der Waals surface area (Å²) >= 11 is 0. The number of nitrogens with zero attached hydrogens (tertiary/aromatic N) is 2. The van der Waals surface area contributed by atoms with E-state index in [1.165, 1.54) is 0 Å². The average Bonchev–Trinajstić information content (AvgIpc) is 2.26. The molecule has 102 valence electrons. The Kier molecular flexibility index (Phi) is 5.33. The second-order valence-corrected chi connectivity index (χ2v) is 3.74. The van der Waals surface area contributed by atoms with Crippen LogP contribution in [0.4, 0.5) is 13.2 Å². The smallest absolute Gasteiger partial charge is 0.392 e. The summed E-state index contributed by atoms with van der Waals surface area (Å²) in [6, 6.07) is 0. The summed E-state index contributed by atoms with van der Waals surface area (Å²) in [6.45, 7) is 4.37. The fourth-order valence-corrected chi connectivity index (χ4v) is 1.24. The number of hydrogen-bond acceptors (Lipinski definition) is 4. The first-order chi connectivity index (χ1) is 8.42. The Hall–Kier alpha value is -1.37. The molecule has 4 nitrogen and oxygen atoms in total. The third-order valence-electron chi connectivity index (χ3n) is 2.14. The molecule has 1 aromatic heterocycles. The van der Waals surface area contributed by atoms with Gasteiger partial charge in [-0.1, -0.05) is 6.92 Å². The molecular formula is C11H16F3N3O. The largest absolute Gasteiger partial charge is 0.477 e. The van der Waals surface area contributed by atoms with Crippen LogP contribution >= 0.6 is 0 Å². The highest BCUT2D eigenvalue weighted by Crippen LogP contribution is 2.21. The maximum absolute atomic E-state index is 12.0. The first-order valence-corrected chi connectivity index (χ1v) is 5.65. The van der Waals surface area contributed by atoms with E-state index in [9.17, 15) is 13.2 Å². The number of halogens is 3. The van der Waals surface area contributed by atoms with Crippen LogP contribution in [0.25, 0.3) is 0 Å². The van der Waals surface area contributed by atoms with Gasteiger partial charge in [0.25, 0.3) is 0 Å². The zero-order valence-corrected chi connectivity index (χ0v) is 10.3. The number of aryl methyl sites for hydroxylation is 1. The second kappa shape index (κ2) is 6.53. The molecule has 0 aromatic carbocycles. The summed E-state index contributed by atoms with van der Waals surface area (Å²) in [6.07, 6.45) is -3.64. The number of alkyl halides is 3. The lowest BCUT2D eigenvalue weighted by molar-refractivity contribution is -0.139. The van der Waals surface area contributed by atoms with Gasteiger partial charge in [0, 0.05) is 18.3 Å². The minimum atomic E-state index is -4.22. The fourth-order valence-electron chi connectivity index (χ4n) is 1.24. The van der Waals surface area contributed by atoms with E-state index in [1.54, 1.807) is 13.1 Å². The predicted octanol–water partition coefficient (Wildman–Crippen LogP) is 2.23. The van der Waals surface area contributed by atoms with Gasteiger partial charge in [-0.3, -0.25) is 0 Å². The van der Waals surface area contributed by atoms with Gasteiger partial charge in [-0.15, -0.1) is 0 Å². The van der Waals surface area contributed by atoms with Crippen LogP contribution < -0.4 is 10.1 Å². The Bertz CT molecular complexity index is 382. The van der Waals surface area contributed by atoms with Gasteiger partial charge in [-0.2, -0.15) is 18.2 Å². The lowest BCUT2D eigenvalue weighted by Crippen LogP contribution is -2.17. The number of nitrogens with one attached hydrogen (secondary N) is 1. The quantitative estimate of drug-likeness (QED) is 0.855. The maximum Gasteiger partial charge on any atom is 0.392 e. The molecular weight excluding hydrogens is 247 g/mol. The lowest BCUT2D eigenvalue weighted by atomic mass is 10.3. The van der Waals surface area contributed by atoms with E-state index in [1.807, 2.05) is 6.92 Å². The molecule has 0 amide bonds. The van der Waals surface area contributed by atoms with E-state index in [0.717, 1.165) is 6.54 Å². The van der Waals surface area contributed by atoms with Crippen molar-refractivity contribution in [3.63, 3.8) is 0 Å². The Balaban J connectivity index is 2.64. The Morgan fingerprint density at radius 1 is 1.39 bits per heavy atom. The summed E-state index contributed by atoms with van der Waals surface area (Å²) in [7, 11) is 0. The average molecular weight is 263 g/mol. The zero-order valence-electron chi connectivity index (χ0n) is 10.3. The lowest BCUT2D eigenvalue weighted by Gasteiger charge is -2.12. The van der Waals surface area contributed by atoms with Crippen molar-refractivity contribution in [1.29, 1.82) is 0 Å². The number of hydrogen-bond donors (Lipinski definition) is 1. The molecule has 0 bridgehead atoms. The highest BCUT2D eigenvalue weighted by molar-refractivity contribution is 5.23. The van der Waals surface area contributed by atoms with E-state index in [2.05, 4.69) is 15.3 Å². The van der Waals surface area contributed by atoms with Crippen molar-refractivity contribution < 1.29 is 17.9 Å². The molecule has 7 heteroatoms. The Morgan fingerprint density at radius 3 is 2.72 bits per heavy atom. The predicted molar refractivity (Wildman–Crippen MR) is 60.3 cm³/mol. The van der Waals surface area contributed by atoms with Crippen molar-refractivity contribution in [3.8, 4) is 5.88 Å².